The molecule has 2 aliphatic heterocycles. The number of carbonyl (C=O) groups excluding carboxylic acids is 1. The van der Waals surface area contributed by atoms with Gasteiger partial charge in [-0.1, -0.05) is 19.9 Å². The van der Waals surface area contributed by atoms with E-state index >= 15 is 0 Å². The molecule has 1 aromatic heterocycles. The SMILES string of the molecule is CCC1(CC)C[C@H](CN2CCN(c3ccccn3)CC2)N(C(=O)O)C1=O. The molecule has 0 bridgehead atoms. The van der Waals surface area contributed by atoms with Crippen LogP contribution >= 0.6 is 0 Å². The smallest absolute Gasteiger partial charge is 0.414 e. The molecule has 0 aromatic carbocycles. The van der Waals surface area contributed by atoms with E-state index in [0.717, 1.165) is 36.9 Å². The number of imide groups is 1. The van der Waals surface area contributed by atoms with Gasteiger partial charge in [0.05, 0.1) is 11.5 Å². The van der Waals surface area contributed by atoms with Crippen LogP contribution in [0.4, 0.5) is 10.6 Å². The van der Waals surface area contributed by atoms with Crippen molar-refractivity contribution in [2.24, 2.45) is 5.41 Å². The highest BCUT2D eigenvalue weighted by molar-refractivity contribution is 5.97. The standard InChI is InChI=1S/C19H28N4O3/c1-3-19(4-2)13-15(23(17(19)24)18(25)26)14-21-9-11-22(12-10-21)16-7-5-6-8-20-16/h5-8,15H,3-4,9-14H2,1-2H3,(H,25,26)/t15-/m1/s1. The predicted molar refractivity (Wildman–Crippen MR) is 99.2 cm³/mol. The van der Waals surface area contributed by atoms with Gasteiger partial charge in [0.2, 0.25) is 5.91 Å². The number of carboxylic acid groups (broad SMARTS) is 1. The maximum Gasteiger partial charge on any atom is 0.414 e. The molecule has 3 heterocycles. The minimum atomic E-state index is -1.11. The first-order valence-corrected chi connectivity index (χ1v) is 9.45. The molecule has 0 spiro atoms. The average Bonchev–Trinajstić information content (AvgIpc) is 2.95. The van der Waals surface area contributed by atoms with Gasteiger partial charge in [0.1, 0.15) is 5.82 Å². The van der Waals surface area contributed by atoms with Gasteiger partial charge in [-0.05, 0) is 31.4 Å². The second-order valence-corrected chi connectivity index (χ2v) is 7.28. The molecule has 0 saturated carbocycles. The number of carbonyl (C=O) groups is 2. The molecule has 2 aliphatic rings. The van der Waals surface area contributed by atoms with Crippen LogP contribution in [0.1, 0.15) is 33.1 Å². The first-order chi connectivity index (χ1) is 12.5. The Morgan fingerprint density at radius 2 is 1.92 bits per heavy atom. The van der Waals surface area contributed by atoms with Crippen LogP contribution in [0.5, 0.6) is 0 Å². The van der Waals surface area contributed by atoms with E-state index in [4.69, 9.17) is 0 Å². The predicted octanol–water partition coefficient (Wildman–Crippen LogP) is 2.29. The minimum Gasteiger partial charge on any atom is -0.465 e. The van der Waals surface area contributed by atoms with E-state index in [-0.39, 0.29) is 11.9 Å². The first kappa shape index (κ1) is 18.6. The molecule has 1 atom stereocenters. The van der Waals surface area contributed by atoms with Gasteiger partial charge < -0.3 is 10.0 Å². The van der Waals surface area contributed by atoms with Crippen molar-refractivity contribution in [2.75, 3.05) is 37.6 Å². The number of pyridine rings is 1. The van der Waals surface area contributed by atoms with Crippen molar-refractivity contribution in [1.82, 2.24) is 14.8 Å². The lowest BCUT2D eigenvalue weighted by Gasteiger charge is -2.37. The van der Waals surface area contributed by atoms with Gasteiger partial charge in [-0.3, -0.25) is 9.69 Å². The third-order valence-electron chi connectivity index (χ3n) is 6.04. The lowest BCUT2D eigenvalue weighted by Crippen LogP contribution is -2.51. The van der Waals surface area contributed by atoms with Crippen molar-refractivity contribution < 1.29 is 14.7 Å². The largest absolute Gasteiger partial charge is 0.465 e. The first-order valence-electron chi connectivity index (χ1n) is 9.45. The van der Waals surface area contributed by atoms with Crippen LogP contribution in [0.15, 0.2) is 24.4 Å². The Morgan fingerprint density at radius 1 is 1.23 bits per heavy atom. The van der Waals surface area contributed by atoms with Gasteiger partial charge >= 0.3 is 6.09 Å². The van der Waals surface area contributed by atoms with E-state index in [1.165, 1.54) is 0 Å². The molecular weight excluding hydrogens is 332 g/mol. The summed E-state index contributed by atoms with van der Waals surface area (Å²) in [5.41, 5.74) is -0.515. The van der Waals surface area contributed by atoms with Crippen LogP contribution in [-0.2, 0) is 4.79 Å². The molecule has 2 amide bonds. The zero-order valence-electron chi connectivity index (χ0n) is 15.6. The molecule has 7 nitrogen and oxygen atoms in total. The van der Waals surface area contributed by atoms with E-state index in [2.05, 4.69) is 14.8 Å². The fourth-order valence-electron chi connectivity index (χ4n) is 4.28. The van der Waals surface area contributed by atoms with Gasteiger partial charge in [-0.25, -0.2) is 14.7 Å². The number of hydrogen-bond donors (Lipinski definition) is 1. The zero-order valence-corrected chi connectivity index (χ0v) is 15.6. The number of piperazine rings is 1. The van der Waals surface area contributed by atoms with E-state index in [0.29, 0.717) is 25.8 Å². The lowest BCUT2D eigenvalue weighted by molar-refractivity contribution is -0.135. The summed E-state index contributed by atoms with van der Waals surface area (Å²) in [6.45, 7) is 8.00. The molecule has 0 radical (unpaired) electrons. The summed E-state index contributed by atoms with van der Waals surface area (Å²) in [6, 6.07) is 5.65. The molecule has 0 unspecified atom stereocenters. The Balaban J connectivity index is 1.63. The van der Waals surface area contributed by atoms with E-state index in [1.807, 2.05) is 32.0 Å². The second kappa shape index (κ2) is 7.61. The van der Waals surface area contributed by atoms with Crippen molar-refractivity contribution >= 4 is 17.8 Å². The van der Waals surface area contributed by atoms with Crippen LogP contribution in [-0.4, -0.2) is 70.7 Å². The average molecular weight is 360 g/mol. The van der Waals surface area contributed by atoms with Crippen LogP contribution in [0.3, 0.4) is 0 Å². The normalized spacial score (nSPS) is 23.5. The summed E-state index contributed by atoms with van der Waals surface area (Å²) in [5.74, 6) is 0.762. The summed E-state index contributed by atoms with van der Waals surface area (Å²) >= 11 is 0. The maximum atomic E-state index is 12.7. The number of hydrogen-bond acceptors (Lipinski definition) is 5. The third kappa shape index (κ3) is 3.40. The number of rotatable bonds is 5. The minimum absolute atomic E-state index is 0.216. The van der Waals surface area contributed by atoms with Crippen molar-refractivity contribution in [2.45, 2.75) is 39.2 Å². The van der Waals surface area contributed by atoms with Crippen molar-refractivity contribution in [1.29, 1.82) is 0 Å². The van der Waals surface area contributed by atoms with Gasteiger partial charge in [0.25, 0.3) is 0 Å². The van der Waals surface area contributed by atoms with Gasteiger partial charge in [-0.15, -0.1) is 0 Å². The van der Waals surface area contributed by atoms with E-state index in [9.17, 15) is 14.7 Å². The zero-order chi connectivity index (χ0) is 18.7. The molecule has 1 aromatic rings. The fourth-order valence-corrected chi connectivity index (χ4v) is 4.28. The van der Waals surface area contributed by atoms with E-state index < -0.39 is 11.5 Å². The second-order valence-electron chi connectivity index (χ2n) is 7.28. The summed E-state index contributed by atoms with van der Waals surface area (Å²) in [4.78, 5) is 34.4. The molecule has 1 N–H and O–H groups in total. The molecule has 7 heteroatoms. The topological polar surface area (TPSA) is 77.0 Å². The van der Waals surface area contributed by atoms with Crippen LogP contribution < -0.4 is 4.90 Å². The lowest BCUT2D eigenvalue weighted by atomic mass is 9.79. The van der Waals surface area contributed by atoms with E-state index in [1.54, 1.807) is 6.20 Å². The van der Waals surface area contributed by atoms with Crippen molar-refractivity contribution in [3.63, 3.8) is 0 Å². The highest BCUT2D eigenvalue weighted by atomic mass is 16.4. The highest BCUT2D eigenvalue weighted by Crippen LogP contribution is 2.42. The van der Waals surface area contributed by atoms with Gasteiger partial charge in [0.15, 0.2) is 0 Å². The fraction of sp³-hybridized carbons (Fsp3) is 0.632. The Hall–Kier alpha value is -2.15. The number of nitrogens with zero attached hydrogens (tertiary/aromatic N) is 4. The van der Waals surface area contributed by atoms with Crippen molar-refractivity contribution in [3.05, 3.63) is 24.4 Å². The summed E-state index contributed by atoms with van der Waals surface area (Å²) in [5, 5.41) is 9.57. The van der Waals surface area contributed by atoms with Gasteiger partial charge in [-0.2, -0.15) is 0 Å². The number of amides is 2. The molecule has 0 aliphatic carbocycles. The summed E-state index contributed by atoms with van der Waals surface area (Å²) in [6.07, 6.45) is 2.69. The summed E-state index contributed by atoms with van der Waals surface area (Å²) < 4.78 is 0. The van der Waals surface area contributed by atoms with Crippen LogP contribution in [0.25, 0.3) is 0 Å². The maximum absolute atomic E-state index is 12.7. The Bertz CT molecular complexity index is 639. The van der Waals surface area contributed by atoms with Gasteiger partial charge in [0, 0.05) is 38.9 Å². The Kier molecular flexibility index (Phi) is 5.46. The summed E-state index contributed by atoms with van der Waals surface area (Å²) in [7, 11) is 0. The Morgan fingerprint density at radius 3 is 2.46 bits per heavy atom. The third-order valence-corrected chi connectivity index (χ3v) is 6.04. The number of anilines is 1. The van der Waals surface area contributed by atoms with Crippen LogP contribution in [0, 0.1) is 5.41 Å². The van der Waals surface area contributed by atoms with Crippen LogP contribution in [0.2, 0.25) is 0 Å². The monoisotopic (exact) mass is 360 g/mol. The van der Waals surface area contributed by atoms with Crippen molar-refractivity contribution in [3.8, 4) is 0 Å². The molecule has 2 saturated heterocycles. The molecule has 26 heavy (non-hydrogen) atoms. The molecule has 142 valence electrons. The molecule has 2 fully saturated rings. The Labute approximate surface area is 154 Å². The quantitative estimate of drug-likeness (QED) is 0.868. The molecule has 3 rings (SSSR count). The number of aromatic nitrogens is 1. The highest BCUT2D eigenvalue weighted by Gasteiger charge is 2.52. The molecular formula is C19H28N4O3. The number of likely N-dealkylation sites (tertiary alicyclic amines) is 1.